The van der Waals surface area contributed by atoms with E-state index in [1.165, 1.54) is 0 Å². The Balaban J connectivity index is 1.54. The maximum Gasteiger partial charge on any atom is 0.191 e. The average Bonchev–Trinajstić information content (AvgIpc) is 3.11. The van der Waals surface area contributed by atoms with Crippen LogP contribution in [0.2, 0.25) is 0 Å². The van der Waals surface area contributed by atoms with Gasteiger partial charge < -0.3 is 20.5 Å². The molecule has 0 saturated carbocycles. The number of rotatable bonds is 10. The third-order valence-electron chi connectivity index (χ3n) is 3.75. The lowest BCUT2D eigenvalue weighted by Crippen LogP contribution is -2.39. The second-order valence-electron chi connectivity index (χ2n) is 5.57. The van der Waals surface area contributed by atoms with Crippen molar-refractivity contribution in [3.8, 4) is 0 Å². The van der Waals surface area contributed by atoms with E-state index in [2.05, 4.69) is 47.6 Å². The number of nitrogens with zero attached hydrogens (tertiary/aromatic N) is 5. The molecule has 0 bridgehead atoms. The number of nitrogens with one attached hydrogen (secondary N) is 3. The second-order valence-corrected chi connectivity index (χ2v) is 5.57. The Morgan fingerprint density at radius 1 is 1.16 bits per heavy atom. The van der Waals surface area contributed by atoms with Gasteiger partial charge in [0.25, 0.3) is 0 Å². The quantitative estimate of drug-likeness (QED) is 0.342. The summed E-state index contributed by atoms with van der Waals surface area (Å²) in [5.74, 6) is 2.75. The predicted molar refractivity (Wildman–Crippen MR) is 101 cm³/mol. The van der Waals surface area contributed by atoms with Gasteiger partial charge in [0.05, 0.1) is 0 Å². The van der Waals surface area contributed by atoms with Gasteiger partial charge in [0, 0.05) is 45.8 Å². The van der Waals surface area contributed by atoms with Crippen molar-refractivity contribution in [2.24, 2.45) is 4.99 Å². The predicted octanol–water partition coefficient (Wildman–Crippen LogP) is 1.29. The molecule has 0 atom stereocenters. The minimum atomic E-state index is 0.784. The van der Waals surface area contributed by atoms with Crippen LogP contribution in [0.25, 0.3) is 0 Å². The first kappa shape index (κ1) is 18.7. The molecule has 2 aromatic heterocycles. The zero-order valence-corrected chi connectivity index (χ0v) is 15.1. The number of aromatic nitrogens is 4. The lowest BCUT2D eigenvalue weighted by molar-refractivity contribution is 0.629. The summed E-state index contributed by atoms with van der Waals surface area (Å²) >= 11 is 0. The average molecular weight is 344 g/mol. The summed E-state index contributed by atoms with van der Waals surface area (Å²) in [6, 6.07) is 5.87. The van der Waals surface area contributed by atoms with Crippen LogP contribution in [0.3, 0.4) is 0 Å². The number of hydrogen-bond acceptors (Lipinski definition) is 5. The van der Waals surface area contributed by atoms with Crippen LogP contribution in [0.15, 0.2) is 35.7 Å². The fraction of sp³-hybridized carbons (Fsp3) is 0.529. The fourth-order valence-corrected chi connectivity index (χ4v) is 2.40. The van der Waals surface area contributed by atoms with E-state index < -0.39 is 0 Å². The molecule has 8 heteroatoms. The van der Waals surface area contributed by atoms with Crippen molar-refractivity contribution in [1.82, 2.24) is 30.4 Å². The van der Waals surface area contributed by atoms with Gasteiger partial charge in [0.2, 0.25) is 0 Å². The molecule has 3 N–H and O–H groups in total. The normalized spacial score (nSPS) is 11.4. The molecule has 0 aliphatic rings. The summed E-state index contributed by atoms with van der Waals surface area (Å²) in [5, 5.41) is 18.0. The number of hydrogen-bond donors (Lipinski definition) is 3. The Bertz CT molecular complexity index is 623. The van der Waals surface area contributed by atoms with Crippen LogP contribution < -0.4 is 16.0 Å². The lowest BCUT2D eigenvalue weighted by atomic mass is 10.3. The third-order valence-corrected chi connectivity index (χ3v) is 3.75. The highest BCUT2D eigenvalue weighted by molar-refractivity contribution is 5.79. The van der Waals surface area contributed by atoms with Crippen LogP contribution in [0, 0.1) is 0 Å². The van der Waals surface area contributed by atoms with Gasteiger partial charge in [-0.05, 0) is 25.0 Å². The Morgan fingerprint density at radius 2 is 2.00 bits per heavy atom. The molecule has 0 aliphatic heterocycles. The van der Waals surface area contributed by atoms with E-state index in [1.54, 1.807) is 19.6 Å². The van der Waals surface area contributed by atoms with E-state index in [1.807, 2.05) is 18.2 Å². The maximum absolute atomic E-state index is 4.24. The summed E-state index contributed by atoms with van der Waals surface area (Å²) in [6.45, 7) is 5.49. The van der Waals surface area contributed by atoms with Crippen molar-refractivity contribution in [3.05, 3.63) is 36.5 Å². The highest BCUT2D eigenvalue weighted by atomic mass is 15.3. The summed E-state index contributed by atoms with van der Waals surface area (Å²) in [5.41, 5.74) is 0. The van der Waals surface area contributed by atoms with Crippen LogP contribution in [-0.4, -0.2) is 52.4 Å². The SMILES string of the molecule is CCc1nncn1CCNC(=NC)NCCCCNc1ccccn1. The molecule has 0 spiro atoms. The van der Waals surface area contributed by atoms with Crippen molar-refractivity contribution in [2.45, 2.75) is 32.7 Å². The third kappa shape index (κ3) is 6.78. The summed E-state index contributed by atoms with van der Waals surface area (Å²) < 4.78 is 2.06. The molecule has 136 valence electrons. The topological polar surface area (TPSA) is 92.0 Å². The van der Waals surface area contributed by atoms with E-state index >= 15 is 0 Å². The van der Waals surface area contributed by atoms with E-state index in [4.69, 9.17) is 0 Å². The first-order chi connectivity index (χ1) is 12.3. The smallest absolute Gasteiger partial charge is 0.191 e. The summed E-state index contributed by atoms with van der Waals surface area (Å²) in [4.78, 5) is 8.48. The monoisotopic (exact) mass is 344 g/mol. The number of pyridine rings is 1. The van der Waals surface area contributed by atoms with Gasteiger partial charge in [0.1, 0.15) is 18.0 Å². The molecule has 25 heavy (non-hydrogen) atoms. The van der Waals surface area contributed by atoms with Crippen LogP contribution in [-0.2, 0) is 13.0 Å². The standard InChI is InChI=1S/C17H28N8/c1-3-16-24-23-14-25(16)13-12-22-17(18-2)21-11-7-6-10-20-15-8-4-5-9-19-15/h4-5,8-9,14H,3,6-7,10-13H2,1-2H3,(H,19,20)(H2,18,21,22). The van der Waals surface area contributed by atoms with Crippen LogP contribution in [0.5, 0.6) is 0 Å². The Labute approximate surface area is 149 Å². The van der Waals surface area contributed by atoms with E-state index in [0.29, 0.717) is 0 Å². The molecular formula is C17H28N8. The maximum atomic E-state index is 4.24. The van der Waals surface area contributed by atoms with Gasteiger partial charge in [-0.3, -0.25) is 4.99 Å². The van der Waals surface area contributed by atoms with Gasteiger partial charge in [-0.25, -0.2) is 4.98 Å². The molecule has 0 unspecified atom stereocenters. The molecular weight excluding hydrogens is 316 g/mol. The molecule has 0 saturated heterocycles. The summed E-state index contributed by atoms with van der Waals surface area (Å²) in [7, 11) is 1.79. The highest BCUT2D eigenvalue weighted by Crippen LogP contribution is 2.00. The molecule has 0 radical (unpaired) electrons. The van der Waals surface area contributed by atoms with E-state index in [-0.39, 0.29) is 0 Å². The molecule has 0 aromatic carbocycles. The van der Waals surface area contributed by atoms with Crippen molar-refractivity contribution in [3.63, 3.8) is 0 Å². The molecule has 2 aromatic rings. The van der Waals surface area contributed by atoms with Gasteiger partial charge >= 0.3 is 0 Å². The fourth-order valence-electron chi connectivity index (χ4n) is 2.40. The molecule has 0 aliphatic carbocycles. The number of guanidine groups is 1. The lowest BCUT2D eigenvalue weighted by Gasteiger charge is -2.12. The van der Waals surface area contributed by atoms with E-state index in [0.717, 1.165) is 63.0 Å². The van der Waals surface area contributed by atoms with Gasteiger partial charge in [-0.15, -0.1) is 10.2 Å². The minimum Gasteiger partial charge on any atom is -0.370 e. The molecule has 2 heterocycles. The van der Waals surface area contributed by atoms with Gasteiger partial charge in [-0.2, -0.15) is 0 Å². The summed E-state index contributed by atoms with van der Waals surface area (Å²) in [6.07, 6.45) is 6.58. The molecule has 0 fully saturated rings. The number of anilines is 1. The first-order valence-electron chi connectivity index (χ1n) is 8.79. The Kier molecular flexibility index (Phi) is 8.23. The van der Waals surface area contributed by atoms with Crippen LogP contribution in [0.1, 0.15) is 25.6 Å². The van der Waals surface area contributed by atoms with Crippen LogP contribution in [0.4, 0.5) is 5.82 Å². The second kappa shape index (κ2) is 11.0. The molecule has 8 nitrogen and oxygen atoms in total. The van der Waals surface area contributed by atoms with Crippen LogP contribution >= 0.6 is 0 Å². The van der Waals surface area contributed by atoms with Crippen molar-refractivity contribution in [2.75, 3.05) is 32.0 Å². The Hall–Kier alpha value is -2.64. The highest BCUT2D eigenvalue weighted by Gasteiger charge is 2.02. The number of aliphatic imine (C=N–C) groups is 1. The zero-order chi connectivity index (χ0) is 17.7. The number of unbranched alkanes of at least 4 members (excludes halogenated alkanes) is 1. The first-order valence-corrected chi connectivity index (χ1v) is 8.79. The number of aryl methyl sites for hydroxylation is 1. The molecule has 2 rings (SSSR count). The Morgan fingerprint density at radius 3 is 2.76 bits per heavy atom. The minimum absolute atomic E-state index is 0.784. The van der Waals surface area contributed by atoms with Crippen molar-refractivity contribution in [1.29, 1.82) is 0 Å². The van der Waals surface area contributed by atoms with Crippen molar-refractivity contribution >= 4 is 11.8 Å². The van der Waals surface area contributed by atoms with E-state index in [9.17, 15) is 0 Å². The molecule has 0 amide bonds. The van der Waals surface area contributed by atoms with Crippen molar-refractivity contribution < 1.29 is 0 Å². The zero-order valence-electron chi connectivity index (χ0n) is 15.1. The largest absolute Gasteiger partial charge is 0.370 e. The van der Waals surface area contributed by atoms with Gasteiger partial charge in [-0.1, -0.05) is 13.0 Å². The van der Waals surface area contributed by atoms with Gasteiger partial charge in [0.15, 0.2) is 5.96 Å².